The zero-order valence-corrected chi connectivity index (χ0v) is 19.8. The molecule has 0 saturated heterocycles. The molecule has 0 aliphatic carbocycles. The van der Waals surface area contributed by atoms with Gasteiger partial charge in [-0.1, -0.05) is 48.5 Å². The Morgan fingerprint density at radius 3 is 1.31 bits per heavy atom. The number of carboxylic acid groups (broad SMARTS) is 2. The number of ketones is 1. The number of hydrogen-bond acceptors (Lipinski definition) is 5. The van der Waals surface area contributed by atoms with Crippen molar-refractivity contribution in [1.29, 1.82) is 0 Å². The fourth-order valence-corrected chi connectivity index (χ4v) is 4.97. The van der Waals surface area contributed by atoms with Gasteiger partial charge < -0.3 is 10.2 Å². The van der Waals surface area contributed by atoms with Crippen LogP contribution in [0.2, 0.25) is 0 Å². The van der Waals surface area contributed by atoms with Gasteiger partial charge in [0, 0.05) is 35.5 Å². The van der Waals surface area contributed by atoms with Crippen LogP contribution >= 0.6 is 23.5 Å². The molecule has 0 amide bonds. The van der Waals surface area contributed by atoms with Gasteiger partial charge in [-0.25, -0.2) is 0 Å². The van der Waals surface area contributed by atoms with Gasteiger partial charge in [0.2, 0.25) is 0 Å². The molecule has 0 spiro atoms. The molecule has 0 saturated carbocycles. The molecule has 7 heteroatoms. The molecular formula is C25H30O5S2. The van der Waals surface area contributed by atoms with E-state index in [1.54, 1.807) is 23.5 Å². The average molecular weight is 475 g/mol. The predicted octanol–water partition coefficient (Wildman–Crippen LogP) is 5.89. The van der Waals surface area contributed by atoms with E-state index in [1.807, 2.05) is 48.5 Å². The largest absolute Gasteiger partial charge is 0.481 e. The average Bonchev–Trinajstić information content (AvgIpc) is 2.78. The lowest BCUT2D eigenvalue weighted by atomic mass is 10.0. The van der Waals surface area contributed by atoms with Crippen molar-refractivity contribution < 1.29 is 24.6 Å². The van der Waals surface area contributed by atoms with Crippen LogP contribution in [0.15, 0.2) is 48.5 Å². The van der Waals surface area contributed by atoms with Crippen LogP contribution < -0.4 is 0 Å². The van der Waals surface area contributed by atoms with Crippen LogP contribution in [-0.4, -0.2) is 39.4 Å². The number of rotatable bonds is 16. The maximum absolute atomic E-state index is 12.7. The van der Waals surface area contributed by atoms with Crippen LogP contribution in [-0.2, 0) is 21.1 Å². The number of carbonyl (C=O) groups excluding carboxylic acids is 1. The summed E-state index contributed by atoms with van der Waals surface area (Å²) in [5.41, 5.74) is 3.64. The second-order valence-corrected chi connectivity index (χ2v) is 9.74. The van der Waals surface area contributed by atoms with Crippen molar-refractivity contribution in [3.63, 3.8) is 0 Å². The Bertz CT molecular complexity index is 791. The molecule has 0 heterocycles. The smallest absolute Gasteiger partial charge is 0.303 e. The topological polar surface area (TPSA) is 91.7 Å². The molecule has 5 nitrogen and oxygen atoms in total. The summed E-state index contributed by atoms with van der Waals surface area (Å²) in [7, 11) is 0. The highest BCUT2D eigenvalue weighted by Crippen LogP contribution is 2.19. The first-order valence-electron chi connectivity index (χ1n) is 10.8. The summed E-state index contributed by atoms with van der Waals surface area (Å²) < 4.78 is 0. The van der Waals surface area contributed by atoms with E-state index in [0.29, 0.717) is 24.0 Å². The highest BCUT2D eigenvalue weighted by atomic mass is 32.2. The molecule has 0 radical (unpaired) electrons. The molecule has 0 atom stereocenters. The monoisotopic (exact) mass is 474 g/mol. The number of aliphatic carboxylic acids is 2. The molecule has 172 valence electrons. The predicted molar refractivity (Wildman–Crippen MR) is 132 cm³/mol. The zero-order valence-electron chi connectivity index (χ0n) is 18.1. The number of carboxylic acids is 2. The van der Waals surface area contributed by atoms with Gasteiger partial charge in [0.25, 0.3) is 0 Å². The Morgan fingerprint density at radius 1 is 0.594 bits per heavy atom. The minimum atomic E-state index is -0.742. The molecule has 0 fully saturated rings. The first-order valence-corrected chi connectivity index (χ1v) is 13.1. The Labute approximate surface area is 198 Å². The van der Waals surface area contributed by atoms with Gasteiger partial charge in [0.05, 0.1) is 0 Å². The first kappa shape index (κ1) is 26.0. The second-order valence-electron chi connectivity index (χ2n) is 7.53. The number of benzene rings is 2. The van der Waals surface area contributed by atoms with Gasteiger partial charge in [0.1, 0.15) is 0 Å². The van der Waals surface area contributed by atoms with Crippen LogP contribution in [0.3, 0.4) is 0 Å². The van der Waals surface area contributed by atoms with Gasteiger partial charge in [0.15, 0.2) is 5.78 Å². The number of carbonyl (C=O) groups is 3. The highest BCUT2D eigenvalue weighted by Gasteiger charge is 2.09. The molecule has 2 N–H and O–H groups in total. The fraction of sp³-hybridized carbons (Fsp3) is 0.400. The van der Waals surface area contributed by atoms with Crippen molar-refractivity contribution in [1.82, 2.24) is 0 Å². The van der Waals surface area contributed by atoms with Crippen molar-refractivity contribution in [3.05, 3.63) is 70.8 Å². The van der Waals surface area contributed by atoms with Gasteiger partial charge in [-0.2, -0.15) is 23.5 Å². The standard InChI is InChI=1S/C25H30O5S2/c26-23(27)5-1-3-15-31-17-19-7-11-21(12-8-19)25(30)22-13-9-20(10-14-22)18-32-16-4-2-6-24(28)29/h7-14H,1-6,15-18H2,(H,26,27)(H,28,29). The van der Waals surface area contributed by atoms with Gasteiger partial charge in [-0.3, -0.25) is 14.4 Å². The number of unbranched alkanes of at least 4 members (excludes halogenated alkanes) is 2. The van der Waals surface area contributed by atoms with E-state index in [1.165, 1.54) is 0 Å². The van der Waals surface area contributed by atoms with Gasteiger partial charge >= 0.3 is 11.9 Å². The Hall–Kier alpha value is -2.25. The minimum absolute atomic E-state index is 0.00532. The van der Waals surface area contributed by atoms with Crippen LogP contribution in [0.25, 0.3) is 0 Å². The summed E-state index contributed by atoms with van der Waals surface area (Å²) in [5, 5.41) is 17.3. The summed E-state index contributed by atoms with van der Waals surface area (Å²) in [6.07, 6.45) is 3.66. The van der Waals surface area contributed by atoms with Crippen LogP contribution in [0.4, 0.5) is 0 Å². The summed E-state index contributed by atoms with van der Waals surface area (Å²) in [5.74, 6) is 2.09. The first-order chi connectivity index (χ1) is 15.5. The number of thioether (sulfide) groups is 2. The van der Waals surface area contributed by atoms with Crippen LogP contribution in [0.5, 0.6) is 0 Å². The molecule has 0 unspecified atom stereocenters. The zero-order chi connectivity index (χ0) is 23.2. The number of hydrogen-bond donors (Lipinski definition) is 2. The summed E-state index contributed by atoms with van der Waals surface area (Å²) in [6, 6.07) is 15.4. The van der Waals surface area contributed by atoms with Crippen LogP contribution in [0, 0.1) is 0 Å². The van der Waals surface area contributed by atoms with E-state index in [9.17, 15) is 14.4 Å². The van der Waals surface area contributed by atoms with Crippen molar-refractivity contribution in [2.24, 2.45) is 0 Å². The van der Waals surface area contributed by atoms with E-state index in [0.717, 1.165) is 47.0 Å². The normalized spacial score (nSPS) is 10.8. The molecule has 2 aromatic carbocycles. The molecular weight excluding hydrogens is 444 g/mol. The lowest BCUT2D eigenvalue weighted by molar-refractivity contribution is -0.138. The van der Waals surface area contributed by atoms with E-state index >= 15 is 0 Å². The maximum Gasteiger partial charge on any atom is 0.303 e. The maximum atomic E-state index is 12.7. The SMILES string of the molecule is O=C(O)CCCCSCc1ccc(C(=O)c2ccc(CSCCCCC(=O)O)cc2)cc1. The van der Waals surface area contributed by atoms with E-state index in [2.05, 4.69) is 0 Å². The van der Waals surface area contributed by atoms with E-state index in [-0.39, 0.29) is 18.6 Å². The molecule has 0 aliphatic rings. The third kappa shape index (κ3) is 10.4. The lowest BCUT2D eigenvalue weighted by Gasteiger charge is -2.06. The van der Waals surface area contributed by atoms with Crippen molar-refractivity contribution >= 4 is 41.2 Å². The molecule has 32 heavy (non-hydrogen) atoms. The van der Waals surface area contributed by atoms with Crippen molar-refractivity contribution in [3.8, 4) is 0 Å². The molecule has 2 rings (SSSR count). The quantitative estimate of drug-likeness (QED) is 0.231. The second kappa shape index (κ2) is 14.7. The van der Waals surface area contributed by atoms with Gasteiger partial charge in [-0.05, 0) is 48.3 Å². The fourth-order valence-electron chi connectivity index (χ4n) is 3.01. The van der Waals surface area contributed by atoms with Crippen molar-refractivity contribution in [2.75, 3.05) is 11.5 Å². The van der Waals surface area contributed by atoms with E-state index < -0.39 is 11.9 Å². The minimum Gasteiger partial charge on any atom is -0.481 e. The molecule has 2 aromatic rings. The highest BCUT2D eigenvalue weighted by molar-refractivity contribution is 7.98. The van der Waals surface area contributed by atoms with E-state index in [4.69, 9.17) is 10.2 Å². The summed E-state index contributed by atoms with van der Waals surface area (Å²) in [6.45, 7) is 0. The third-order valence-corrected chi connectivity index (χ3v) is 7.06. The summed E-state index contributed by atoms with van der Waals surface area (Å²) in [4.78, 5) is 33.7. The van der Waals surface area contributed by atoms with Gasteiger partial charge in [-0.15, -0.1) is 0 Å². The van der Waals surface area contributed by atoms with Crippen molar-refractivity contribution in [2.45, 2.75) is 50.0 Å². The summed E-state index contributed by atoms with van der Waals surface area (Å²) >= 11 is 3.55. The van der Waals surface area contributed by atoms with Crippen LogP contribution in [0.1, 0.15) is 65.6 Å². The lowest BCUT2D eigenvalue weighted by Crippen LogP contribution is -2.01. The third-order valence-electron chi connectivity index (χ3n) is 4.83. The molecule has 0 aromatic heterocycles. The Kier molecular flexibility index (Phi) is 12.0. The Morgan fingerprint density at radius 2 is 0.969 bits per heavy atom. The Balaban J connectivity index is 1.72. The molecule has 0 bridgehead atoms. The molecule has 0 aliphatic heterocycles.